The van der Waals surface area contributed by atoms with Crippen LogP contribution in [0.1, 0.15) is 26.3 Å². The molecule has 1 unspecified atom stereocenters. The number of hydrogen-bond acceptors (Lipinski definition) is 8. The van der Waals surface area contributed by atoms with Crippen LogP contribution in [0.3, 0.4) is 0 Å². The summed E-state index contributed by atoms with van der Waals surface area (Å²) in [6, 6.07) is -0.976. The molecule has 8 N–H and O–H groups in total. The van der Waals surface area contributed by atoms with E-state index in [1.807, 2.05) is 0 Å². The van der Waals surface area contributed by atoms with Crippen molar-refractivity contribution in [1.82, 2.24) is 19.5 Å². The van der Waals surface area contributed by atoms with Gasteiger partial charge < -0.3 is 31.4 Å². The third kappa shape index (κ3) is 4.21. The third-order valence-corrected chi connectivity index (χ3v) is 4.82. The van der Waals surface area contributed by atoms with Crippen LogP contribution in [0.2, 0.25) is 0 Å². The average Bonchev–Trinajstić information content (AvgIpc) is 3.15. The Bertz CT molecular complexity index is 920. The van der Waals surface area contributed by atoms with Crippen LogP contribution in [0.5, 0.6) is 0 Å². The molecule has 3 rings (SSSR count). The van der Waals surface area contributed by atoms with E-state index in [1.54, 1.807) is 18.4 Å². The number of aromatic nitrogens is 4. The lowest BCUT2D eigenvalue weighted by Gasteiger charge is -2.15. The molecule has 2 aromatic heterocycles. The van der Waals surface area contributed by atoms with Crippen LogP contribution >= 0.6 is 0 Å². The van der Waals surface area contributed by atoms with Crippen LogP contribution in [0.25, 0.3) is 11.2 Å². The molecule has 11 heteroatoms. The van der Waals surface area contributed by atoms with Gasteiger partial charge >= 0.3 is 5.97 Å². The summed E-state index contributed by atoms with van der Waals surface area (Å²) in [5.41, 5.74) is 11.5. The molecule has 28 heavy (non-hydrogen) atoms. The number of nitrogens with zero attached hydrogens (tertiary/aromatic N) is 3. The van der Waals surface area contributed by atoms with Gasteiger partial charge in [-0.2, -0.15) is 4.98 Å². The molecule has 0 bridgehead atoms. The Hall–Kier alpha value is -2.76. The SMILES string of the molecule is C=C1[C@H](CO)[C@@H](O)C[C@@H]1n1cnc2c(=O)[nH]c(N)nc21.CC(C)C(N)C(=O)O. The lowest BCUT2D eigenvalue weighted by Crippen LogP contribution is -2.34. The lowest BCUT2D eigenvalue weighted by atomic mass is 10.0. The Kier molecular flexibility index (Phi) is 6.54. The van der Waals surface area contributed by atoms with Gasteiger partial charge in [0, 0.05) is 5.92 Å². The maximum Gasteiger partial charge on any atom is 0.320 e. The first kappa shape index (κ1) is 21.5. The largest absolute Gasteiger partial charge is 0.480 e. The zero-order valence-electron chi connectivity index (χ0n) is 15.7. The number of nitrogens with one attached hydrogen (secondary N) is 1. The molecule has 0 amide bonds. The first-order valence-corrected chi connectivity index (χ1v) is 8.76. The molecule has 0 aliphatic heterocycles. The van der Waals surface area contributed by atoms with Gasteiger partial charge in [0.15, 0.2) is 11.2 Å². The number of carboxylic acids is 1. The van der Waals surface area contributed by atoms with Crippen molar-refractivity contribution in [2.45, 2.75) is 38.5 Å². The van der Waals surface area contributed by atoms with E-state index < -0.39 is 23.7 Å². The van der Waals surface area contributed by atoms with Gasteiger partial charge in [0.1, 0.15) is 6.04 Å². The van der Waals surface area contributed by atoms with Crippen LogP contribution in [0.15, 0.2) is 23.3 Å². The summed E-state index contributed by atoms with van der Waals surface area (Å²) >= 11 is 0. The van der Waals surface area contributed by atoms with Crippen molar-refractivity contribution in [1.29, 1.82) is 0 Å². The van der Waals surface area contributed by atoms with Crippen LogP contribution in [0, 0.1) is 11.8 Å². The molecule has 11 nitrogen and oxygen atoms in total. The number of imidazole rings is 1. The number of hydrogen-bond donors (Lipinski definition) is 6. The predicted octanol–water partition coefficient (Wildman–Crippen LogP) is -0.773. The number of anilines is 1. The number of rotatable bonds is 4. The number of aliphatic hydroxyl groups is 2. The molecule has 0 radical (unpaired) electrons. The predicted molar refractivity (Wildman–Crippen MR) is 102 cm³/mol. The maximum atomic E-state index is 11.7. The number of H-pyrrole nitrogens is 1. The standard InChI is InChI=1S/C12H15N5O3.C5H11NO2/c1-5-6(3-18)8(19)2-7(5)17-4-14-9-10(17)15-12(13)16-11(9)20;1-3(2)4(6)5(7)8/h4,6-8,18-19H,1-3H2,(H3,13,15,16,20);3-4H,6H2,1-2H3,(H,7,8)/t6-,7-,8-;/m0./s1. The highest BCUT2D eigenvalue weighted by Crippen LogP contribution is 2.39. The van der Waals surface area contributed by atoms with E-state index in [9.17, 15) is 19.8 Å². The molecule has 4 atom stereocenters. The number of carboxylic acid groups (broad SMARTS) is 1. The number of aromatic amines is 1. The molecule has 154 valence electrons. The van der Waals surface area contributed by atoms with E-state index in [0.29, 0.717) is 17.6 Å². The zero-order valence-corrected chi connectivity index (χ0v) is 15.7. The molecular weight excluding hydrogens is 368 g/mol. The number of aliphatic hydroxyl groups excluding tert-OH is 2. The molecule has 1 aliphatic carbocycles. The minimum atomic E-state index is -0.931. The molecule has 0 spiro atoms. The molecule has 1 aliphatic rings. The summed E-state index contributed by atoms with van der Waals surface area (Å²) in [5.74, 6) is -1.28. The fourth-order valence-electron chi connectivity index (χ4n) is 3.03. The average molecular weight is 394 g/mol. The van der Waals surface area contributed by atoms with Gasteiger partial charge in [-0.3, -0.25) is 14.6 Å². The normalized spacial score (nSPS) is 22.9. The van der Waals surface area contributed by atoms with Gasteiger partial charge in [-0.1, -0.05) is 20.4 Å². The fourth-order valence-corrected chi connectivity index (χ4v) is 3.03. The zero-order chi connectivity index (χ0) is 21.2. The highest BCUT2D eigenvalue weighted by molar-refractivity contribution is 5.73. The molecule has 0 aromatic carbocycles. The van der Waals surface area contributed by atoms with Crippen LogP contribution < -0.4 is 17.0 Å². The number of aliphatic carboxylic acids is 1. The van der Waals surface area contributed by atoms with E-state index in [0.717, 1.165) is 0 Å². The maximum absolute atomic E-state index is 11.7. The summed E-state index contributed by atoms with van der Waals surface area (Å²) in [4.78, 5) is 32.2. The van der Waals surface area contributed by atoms with Crippen molar-refractivity contribution < 1.29 is 20.1 Å². The van der Waals surface area contributed by atoms with Crippen molar-refractivity contribution in [3.63, 3.8) is 0 Å². The van der Waals surface area contributed by atoms with E-state index in [4.69, 9.17) is 16.6 Å². The van der Waals surface area contributed by atoms with Gasteiger partial charge in [-0.25, -0.2) is 4.98 Å². The summed E-state index contributed by atoms with van der Waals surface area (Å²) in [5, 5.41) is 27.5. The molecular formula is C17H26N6O5. The summed E-state index contributed by atoms with van der Waals surface area (Å²) in [6.07, 6.45) is 1.20. The van der Waals surface area contributed by atoms with Crippen LogP contribution in [-0.2, 0) is 4.79 Å². The van der Waals surface area contributed by atoms with Crippen LogP contribution in [-0.4, -0.2) is 59.6 Å². The molecule has 0 saturated heterocycles. The quantitative estimate of drug-likeness (QED) is 0.361. The second-order valence-corrected chi connectivity index (χ2v) is 7.07. The van der Waals surface area contributed by atoms with E-state index in [2.05, 4.69) is 21.5 Å². The summed E-state index contributed by atoms with van der Waals surface area (Å²) < 4.78 is 1.67. The number of nitrogens with two attached hydrogens (primary N) is 2. The van der Waals surface area contributed by atoms with E-state index in [-0.39, 0.29) is 35.9 Å². The van der Waals surface area contributed by atoms with Gasteiger partial charge in [0.2, 0.25) is 5.95 Å². The second-order valence-electron chi connectivity index (χ2n) is 7.07. The van der Waals surface area contributed by atoms with Crippen molar-refractivity contribution in [2.24, 2.45) is 17.6 Å². The Morgan fingerprint density at radius 1 is 1.50 bits per heavy atom. The Morgan fingerprint density at radius 3 is 2.61 bits per heavy atom. The smallest absolute Gasteiger partial charge is 0.320 e. The number of nitrogen functional groups attached to an aromatic ring is 1. The highest BCUT2D eigenvalue weighted by Gasteiger charge is 2.37. The minimum Gasteiger partial charge on any atom is -0.480 e. The van der Waals surface area contributed by atoms with Crippen molar-refractivity contribution >= 4 is 23.1 Å². The molecule has 1 fully saturated rings. The van der Waals surface area contributed by atoms with Crippen LogP contribution in [0.4, 0.5) is 5.95 Å². The number of carbonyl (C=O) groups is 1. The fraction of sp³-hybridized carbons (Fsp3) is 0.529. The Morgan fingerprint density at radius 2 is 2.14 bits per heavy atom. The first-order chi connectivity index (χ1) is 13.1. The third-order valence-electron chi connectivity index (χ3n) is 4.82. The topological polar surface area (TPSA) is 193 Å². The van der Waals surface area contributed by atoms with Gasteiger partial charge in [-0.05, 0) is 17.9 Å². The Balaban J connectivity index is 0.000000300. The van der Waals surface area contributed by atoms with E-state index >= 15 is 0 Å². The molecule has 1 saturated carbocycles. The van der Waals surface area contributed by atoms with Crippen molar-refractivity contribution in [3.05, 3.63) is 28.8 Å². The number of fused-ring (bicyclic) bond motifs is 1. The Labute approximate surface area is 160 Å². The van der Waals surface area contributed by atoms with Crippen molar-refractivity contribution in [2.75, 3.05) is 12.3 Å². The molecule has 2 aromatic rings. The summed E-state index contributed by atoms with van der Waals surface area (Å²) in [7, 11) is 0. The van der Waals surface area contributed by atoms with E-state index in [1.165, 1.54) is 6.33 Å². The lowest BCUT2D eigenvalue weighted by molar-refractivity contribution is -0.139. The molecule has 2 heterocycles. The van der Waals surface area contributed by atoms with Gasteiger partial charge in [-0.15, -0.1) is 0 Å². The van der Waals surface area contributed by atoms with Gasteiger partial charge in [0.05, 0.1) is 25.1 Å². The highest BCUT2D eigenvalue weighted by atomic mass is 16.4. The summed E-state index contributed by atoms with van der Waals surface area (Å²) in [6.45, 7) is 7.32. The van der Waals surface area contributed by atoms with Gasteiger partial charge in [0.25, 0.3) is 5.56 Å². The minimum absolute atomic E-state index is 0.00659. The monoisotopic (exact) mass is 394 g/mol. The van der Waals surface area contributed by atoms with Crippen molar-refractivity contribution in [3.8, 4) is 0 Å². The first-order valence-electron chi connectivity index (χ1n) is 8.76. The second kappa shape index (κ2) is 8.50.